The van der Waals surface area contributed by atoms with Crippen molar-refractivity contribution in [3.8, 4) is 28.5 Å². The molecular formula is C34H36N2O4. The van der Waals surface area contributed by atoms with Gasteiger partial charge in [-0.3, -0.25) is 9.88 Å². The average Bonchev–Trinajstić information content (AvgIpc) is 3.00. The molecule has 0 saturated carbocycles. The molecule has 0 aliphatic carbocycles. The molecule has 0 saturated heterocycles. The molecule has 1 aromatic heterocycles. The van der Waals surface area contributed by atoms with Crippen LogP contribution in [0.4, 0.5) is 0 Å². The smallest absolute Gasteiger partial charge is 0.203 e. The molecule has 0 bridgehead atoms. The largest absolute Gasteiger partial charge is 0.493 e. The van der Waals surface area contributed by atoms with Crippen LogP contribution in [0.15, 0.2) is 66.7 Å². The van der Waals surface area contributed by atoms with Crippen molar-refractivity contribution < 1.29 is 18.9 Å². The molecule has 2 aliphatic rings. The lowest BCUT2D eigenvalue weighted by Crippen LogP contribution is -2.33. The summed E-state index contributed by atoms with van der Waals surface area (Å²) in [4.78, 5) is 7.84. The Morgan fingerprint density at radius 2 is 1.60 bits per heavy atom. The number of hydrogen-bond donors (Lipinski definition) is 0. The fourth-order valence-electron chi connectivity index (χ4n) is 6.11. The molecule has 206 valence electrons. The van der Waals surface area contributed by atoms with Crippen molar-refractivity contribution in [2.75, 3.05) is 27.9 Å². The van der Waals surface area contributed by atoms with Gasteiger partial charge in [0.15, 0.2) is 11.5 Å². The van der Waals surface area contributed by atoms with Crippen molar-refractivity contribution in [3.63, 3.8) is 0 Å². The van der Waals surface area contributed by atoms with Gasteiger partial charge in [-0.1, -0.05) is 54.6 Å². The Bertz CT molecular complexity index is 1490. The maximum absolute atomic E-state index is 6.52. The van der Waals surface area contributed by atoms with Crippen molar-refractivity contribution >= 4 is 0 Å². The summed E-state index contributed by atoms with van der Waals surface area (Å²) in [7, 11) is 4.95. The molecule has 0 amide bonds. The minimum Gasteiger partial charge on any atom is -0.493 e. The SMILES string of the molecule is COc1cc(CN2CCc3nc(-c4ccccc4C)c4c(c3C2)CO[C@@H](c2ccccc2)C4)cc(OC)c1OC. The minimum absolute atomic E-state index is 0.0234. The molecule has 6 heteroatoms. The van der Waals surface area contributed by atoms with E-state index in [4.69, 9.17) is 23.9 Å². The normalized spacial score (nSPS) is 16.6. The molecule has 0 N–H and O–H groups in total. The molecule has 0 spiro atoms. The average molecular weight is 537 g/mol. The number of methoxy groups -OCH3 is 3. The van der Waals surface area contributed by atoms with Gasteiger partial charge in [0.1, 0.15) is 0 Å². The van der Waals surface area contributed by atoms with E-state index in [1.165, 1.54) is 39.1 Å². The second-order valence-electron chi connectivity index (χ2n) is 10.6. The Hall–Kier alpha value is -3.87. The number of aryl methyl sites for hydroxylation is 1. The summed E-state index contributed by atoms with van der Waals surface area (Å²) in [5, 5.41) is 0. The molecule has 40 heavy (non-hydrogen) atoms. The lowest BCUT2D eigenvalue weighted by Gasteiger charge is -2.35. The highest BCUT2D eigenvalue weighted by molar-refractivity contribution is 5.70. The molecule has 3 heterocycles. The number of pyridine rings is 1. The van der Waals surface area contributed by atoms with Crippen molar-refractivity contribution in [1.82, 2.24) is 9.88 Å². The highest BCUT2D eigenvalue weighted by Gasteiger charge is 2.31. The molecule has 0 radical (unpaired) electrons. The summed E-state index contributed by atoms with van der Waals surface area (Å²) in [6.07, 6.45) is 1.74. The van der Waals surface area contributed by atoms with Crippen LogP contribution >= 0.6 is 0 Å². The Kier molecular flexibility index (Phi) is 7.46. The van der Waals surface area contributed by atoms with Gasteiger partial charge in [0, 0.05) is 43.7 Å². The van der Waals surface area contributed by atoms with Crippen LogP contribution in [0.5, 0.6) is 17.2 Å². The number of hydrogen-bond acceptors (Lipinski definition) is 6. The van der Waals surface area contributed by atoms with E-state index in [2.05, 4.69) is 66.4 Å². The quantitative estimate of drug-likeness (QED) is 0.270. The number of fused-ring (bicyclic) bond motifs is 3. The maximum atomic E-state index is 6.52. The molecule has 6 rings (SSSR count). The van der Waals surface area contributed by atoms with Gasteiger partial charge in [-0.25, -0.2) is 0 Å². The third kappa shape index (κ3) is 4.93. The maximum Gasteiger partial charge on any atom is 0.203 e. The zero-order valence-corrected chi connectivity index (χ0v) is 23.7. The van der Waals surface area contributed by atoms with E-state index in [1.54, 1.807) is 21.3 Å². The van der Waals surface area contributed by atoms with Crippen LogP contribution in [0.2, 0.25) is 0 Å². The minimum atomic E-state index is 0.0234. The predicted molar refractivity (Wildman–Crippen MR) is 156 cm³/mol. The van der Waals surface area contributed by atoms with Gasteiger partial charge in [0.25, 0.3) is 0 Å². The van der Waals surface area contributed by atoms with Crippen LogP contribution < -0.4 is 14.2 Å². The summed E-state index contributed by atoms with van der Waals surface area (Å²) in [5.41, 5.74) is 11.1. The Balaban J connectivity index is 1.36. The van der Waals surface area contributed by atoms with Crippen molar-refractivity contribution in [2.45, 2.75) is 45.6 Å². The summed E-state index contributed by atoms with van der Waals surface area (Å²) >= 11 is 0. The molecule has 4 aromatic rings. The Morgan fingerprint density at radius 3 is 2.30 bits per heavy atom. The van der Waals surface area contributed by atoms with E-state index in [-0.39, 0.29) is 6.10 Å². The monoisotopic (exact) mass is 536 g/mol. The van der Waals surface area contributed by atoms with E-state index in [9.17, 15) is 0 Å². The first-order valence-corrected chi connectivity index (χ1v) is 13.9. The van der Waals surface area contributed by atoms with Gasteiger partial charge in [-0.05, 0) is 52.4 Å². The lowest BCUT2D eigenvalue weighted by molar-refractivity contribution is 0.0261. The van der Waals surface area contributed by atoms with Crippen LogP contribution in [0.3, 0.4) is 0 Å². The van der Waals surface area contributed by atoms with Crippen LogP contribution in [0.1, 0.15) is 45.2 Å². The van der Waals surface area contributed by atoms with Gasteiger partial charge >= 0.3 is 0 Å². The van der Waals surface area contributed by atoms with Crippen molar-refractivity contribution in [3.05, 3.63) is 106 Å². The second-order valence-corrected chi connectivity index (χ2v) is 10.6. The Morgan fingerprint density at radius 1 is 0.875 bits per heavy atom. The highest BCUT2D eigenvalue weighted by Crippen LogP contribution is 2.41. The summed E-state index contributed by atoms with van der Waals surface area (Å²) in [6, 6.07) is 23.2. The fourth-order valence-corrected chi connectivity index (χ4v) is 6.11. The molecule has 6 nitrogen and oxygen atoms in total. The molecule has 2 aliphatic heterocycles. The third-order valence-electron chi connectivity index (χ3n) is 8.18. The number of benzene rings is 3. The van der Waals surface area contributed by atoms with Crippen LogP contribution in [0, 0.1) is 6.92 Å². The highest BCUT2D eigenvalue weighted by atomic mass is 16.5. The first kappa shape index (κ1) is 26.4. The molecule has 0 unspecified atom stereocenters. The standard InChI is InChI=1S/C34H36N2O4/c1-22-10-8-9-13-25(22)33-26-18-30(24-11-6-5-7-12-24)40-21-28(26)27-20-36(15-14-29(27)35-33)19-23-16-31(37-2)34(39-4)32(17-23)38-3/h5-13,16-17,30H,14-15,18-21H2,1-4H3/t30-/m1/s1. The van der Waals surface area contributed by atoms with Crippen LogP contribution in [-0.4, -0.2) is 37.8 Å². The molecule has 3 aromatic carbocycles. The van der Waals surface area contributed by atoms with E-state index in [0.717, 1.165) is 43.7 Å². The number of nitrogens with zero attached hydrogens (tertiary/aromatic N) is 2. The Labute approximate surface area is 236 Å². The molecular weight excluding hydrogens is 500 g/mol. The fraction of sp³-hybridized carbons (Fsp3) is 0.324. The summed E-state index contributed by atoms with van der Waals surface area (Å²) < 4.78 is 23.2. The zero-order chi connectivity index (χ0) is 27.6. The summed E-state index contributed by atoms with van der Waals surface area (Å²) in [5.74, 6) is 1.97. The third-order valence-corrected chi connectivity index (χ3v) is 8.18. The molecule has 1 atom stereocenters. The van der Waals surface area contributed by atoms with Crippen LogP contribution in [0.25, 0.3) is 11.3 Å². The number of ether oxygens (including phenoxy) is 4. The first-order chi connectivity index (χ1) is 19.6. The molecule has 0 fully saturated rings. The number of rotatable bonds is 7. The van der Waals surface area contributed by atoms with Crippen molar-refractivity contribution in [1.29, 1.82) is 0 Å². The van der Waals surface area contributed by atoms with E-state index >= 15 is 0 Å². The van der Waals surface area contributed by atoms with Crippen LogP contribution in [-0.2, 0) is 37.3 Å². The van der Waals surface area contributed by atoms with Gasteiger partial charge in [-0.2, -0.15) is 0 Å². The second kappa shape index (κ2) is 11.3. The van der Waals surface area contributed by atoms with Gasteiger partial charge in [0.05, 0.1) is 39.7 Å². The topological polar surface area (TPSA) is 53.1 Å². The zero-order valence-electron chi connectivity index (χ0n) is 23.7. The van der Waals surface area contributed by atoms with Gasteiger partial charge in [0.2, 0.25) is 5.75 Å². The predicted octanol–water partition coefficient (Wildman–Crippen LogP) is 6.46. The summed E-state index contributed by atoms with van der Waals surface area (Å²) in [6.45, 7) is 5.30. The van der Waals surface area contributed by atoms with E-state index < -0.39 is 0 Å². The van der Waals surface area contributed by atoms with E-state index in [1.807, 2.05) is 12.1 Å². The lowest BCUT2D eigenvalue weighted by atomic mass is 9.86. The van der Waals surface area contributed by atoms with E-state index in [0.29, 0.717) is 23.9 Å². The van der Waals surface area contributed by atoms with Crippen molar-refractivity contribution in [2.24, 2.45) is 0 Å². The van der Waals surface area contributed by atoms with Gasteiger partial charge < -0.3 is 18.9 Å². The van der Waals surface area contributed by atoms with Gasteiger partial charge in [-0.15, -0.1) is 0 Å². The number of aromatic nitrogens is 1. The first-order valence-electron chi connectivity index (χ1n) is 13.9.